The molecule has 0 aliphatic rings. The van der Waals surface area contributed by atoms with Crippen LogP contribution in [0.5, 0.6) is 0 Å². The molecule has 1 atom stereocenters. The second kappa shape index (κ2) is 9.43. The molecular weight excluding hydrogens is 484 g/mol. The lowest BCUT2D eigenvalue weighted by Crippen LogP contribution is -2.59. The number of esters is 2. The predicted molar refractivity (Wildman–Crippen MR) is 78.8 cm³/mol. The largest absolute Gasteiger partial charge is 0.468 e. The van der Waals surface area contributed by atoms with E-state index in [1.165, 1.54) is 0 Å². The number of carbonyl (C=O) groups excluding carboxylic acids is 3. The summed E-state index contributed by atoms with van der Waals surface area (Å²) in [7, 11) is -6.76. The van der Waals surface area contributed by atoms with E-state index in [9.17, 15) is 57.9 Å². The maximum absolute atomic E-state index is 13.4. The minimum absolute atomic E-state index is 0.705. The Kier molecular flexibility index (Phi) is 8.72. The lowest BCUT2D eigenvalue weighted by molar-refractivity contribution is -0.357. The Morgan fingerprint density at radius 3 is 1.87 bits per heavy atom. The molecule has 0 radical (unpaired) electrons. The van der Waals surface area contributed by atoms with Crippen molar-refractivity contribution in [1.82, 2.24) is 0 Å². The van der Waals surface area contributed by atoms with Crippen molar-refractivity contribution in [3.05, 3.63) is 12.4 Å². The molecule has 18 heteroatoms. The zero-order valence-corrected chi connectivity index (χ0v) is 15.8. The Labute approximate surface area is 167 Å². The van der Waals surface area contributed by atoms with Crippen LogP contribution in [-0.2, 0) is 38.7 Å². The van der Waals surface area contributed by atoms with E-state index in [1.54, 1.807) is 0 Å². The van der Waals surface area contributed by atoms with Crippen LogP contribution in [-0.4, -0.2) is 67.0 Å². The molecule has 31 heavy (non-hydrogen) atoms. The molecule has 0 aliphatic heterocycles. The van der Waals surface area contributed by atoms with Crippen molar-refractivity contribution in [2.24, 2.45) is 0 Å². The smallest absolute Gasteiger partial charge is 0.453 e. The Hall–Kier alpha value is -2.34. The van der Waals surface area contributed by atoms with Crippen LogP contribution in [0.25, 0.3) is 0 Å². The lowest BCUT2D eigenvalue weighted by atomic mass is 10.2. The lowest BCUT2D eigenvalue weighted by Gasteiger charge is -2.32. The molecule has 9 nitrogen and oxygen atoms in total. The Balaban J connectivity index is 6.05. The quantitative estimate of drug-likeness (QED) is 0.150. The van der Waals surface area contributed by atoms with Gasteiger partial charge in [-0.3, -0.25) is 9.35 Å². The highest BCUT2D eigenvalue weighted by atomic mass is 32.2. The van der Waals surface area contributed by atoms with Crippen LogP contribution in [0.1, 0.15) is 13.3 Å². The average Bonchev–Trinajstić information content (AvgIpc) is 2.55. The molecule has 0 saturated carbocycles. The predicted octanol–water partition coefficient (Wildman–Crippen LogP) is 1.93. The number of Topliss-reactive ketones (excluding diaryl/α,β-unsaturated/α-hetero) is 1. The van der Waals surface area contributed by atoms with Gasteiger partial charge in [-0.15, -0.1) is 0 Å². The fourth-order valence-corrected chi connectivity index (χ4v) is 1.97. The average molecular weight is 496 g/mol. The SMILES string of the molecule is C=C(F)C(=O)OC(OCCC(F)(F)C(F)(F)S(=O)(=O)O)(C(=O)OCC(C)=O)C(F)(F)F. The normalized spacial score (nSPS) is 15.0. The van der Waals surface area contributed by atoms with Gasteiger partial charge in [0, 0.05) is 6.42 Å². The molecule has 0 aromatic heterocycles. The van der Waals surface area contributed by atoms with E-state index in [0.29, 0.717) is 6.92 Å². The van der Waals surface area contributed by atoms with E-state index < -0.39 is 76.4 Å². The van der Waals surface area contributed by atoms with E-state index in [1.807, 2.05) is 0 Å². The molecule has 1 N–H and O–H groups in total. The van der Waals surface area contributed by atoms with Crippen LogP contribution in [0.3, 0.4) is 0 Å². The van der Waals surface area contributed by atoms with Crippen molar-refractivity contribution < 1.29 is 76.7 Å². The molecule has 0 heterocycles. The van der Waals surface area contributed by atoms with Crippen molar-refractivity contribution in [1.29, 1.82) is 0 Å². The standard InChI is InChI=1S/C13H12F8O9S/c1-6(22)5-28-9(24)11(12(17,18)19,30-8(23)7(2)14)29-4-3-10(15,16)13(20,21)31(25,26)27/h2-5H2,1H3,(H,25,26,27). The first-order chi connectivity index (χ1) is 13.6. The second-order valence-electron chi connectivity index (χ2n) is 5.48. The Bertz CT molecular complexity index is 836. The minimum Gasteiger partial charge on any atom is -0.453 e. The number of alkyl halides is 7. The zero-order chi connectivity index (χ0) is 25.1. The molecule has 0 fully saturated rings. The summed E-state index contributed by atoms with van der Waals surface area (Å²) >= 11 is 0. The summed E-state index contributed by atoms with van der Waals surface area (Å²) in [5.41, 5.74) is 0. The van der Waals surface area contributed by atoms with Crippen LogP contribution in [0, 0.1) is 0 Å². The molecule has 0 spiro atoms. The van der Waals surface area contributed by atoms with E-state index in [-0.39, 0.29) is 0 Å². The van der Waals surface area contributed by atoms with E-state index in [0.717, 1.165) is 0 Å². The summed E-state index contributed by atoms with van der Waals surface area (Å²) in [5.74, 6) is -19.6. The van der Waals surface area contributed by atoms with Crippen LogP contribution < -0.4 is 0 Å². The summed E-state index contributed by atoms with van der Waals surface area (Å²) in [6, 6.07) is 0. The fourth-order valence-electron chi connectivity index (χ4n) is 1.49. The summed E-state index contributed by atoms with van der Waals surface area (Å²) in [6.45, 7) is -0.736. The summed E-state index contributed by atoms with van der Waals surface area (Å²) < 4.78 is 146. The monoisotopic (exact) mass is 496 g/mol. The van der Waals surface area contributed by atoms with Gasteiger partial charge in [-0.25, -0.2) is 9.59 Å². The first-order valence-electron chi connectivity index (χ1n) is 7.30. The summed E-state index contributed by atoms with van der Waals surface area (Å²) in [4.78, 5) is 33.7. The highest BCUT2D eigenvalue weighted by Crippen LogP contribution is 2.42. The molecule has 0 aliphatic carbocycles. The van der Waals surface area contributed by atoms with E-state index in [4.69, 9.17) is 4.55 Å². The topological polar surface area (TPSA) is 133 Å². The Morgan fingerprint density at radius 1 is 1.03 bits per heavy atom. The van der Waals surface area contributed by atoms with E-state index in [2.05, 4.69) is 20.8 Å². The van der Waals surface area contributed by atoms with Crippen molar-refractivity contribution in [3.63, 3.8) is 0 Å². The number of ketones is 1. The summed E-state index contributed by atoms with van der Waals surface area (Å²) in [5, 5.41) is -6.21. The third kappa shape index (κ3) is 6.57. The van der Waals surface area contributed by atoms with Gasteiger partial charge in [0.25, 0.3) is 0 Å². The third-order valence-electron chi connectivity index (χ3n) is 2.98. The molecule has 0 saturated heterocycles. The van der Waals surface area contributed by atoms with Crippen LogP contribution in [0.2, 0.25) is 0 Å². The van der Waals surface area contributed by atoms with Gasteiger partial charge >= 0.3 is 45.2 Å². The number of rotatable bonds is 11. The first-order valence-corrected chi connectivity index (χ1v) is 8.74. The van der Waals surface area contributed by atoms with Gasteiger partial charge in [0.15, 0.2) is 5.78 Å². The van der Waals surface area contributed by atoms with Crippen molar-refractivity contribution in [2.75, 3.05) is 13.2 Å². The number of carbonyl (C=O) groups is 3. The van der Waals surface area contributed by atoms with Crippen molar-refractivity contribution >= 4 is 27.8 Å². The maximum Gasteiger partial charge on any atom is 0.468 e. The highest BCUT2D eigenvalue weighted by molar-refractivity contribution is 7.87. The molecule has 0 rings (SSSR count). The molecule has 0 bridgehead atoms. The third-order valence-corrected chi connectivity index (χ3v) is 3.92. The first kappa shape index (κ1) is 28.7. The van der Waals surface area contributed by atoms with E-state index >= 15 is 0 Å². The molecule has 0 aromatic rings. The summed E-state index contributed by atoms with van der Waals surface area (Å²) in [6.07, 6.45) is -8.83. The van der Waals surface area contributed by atoms with Gasteiger partial charge in [-0.05, 0) is 6.92 Å². The molecule has 0 aromatic carbocycles. The second-order valence-corrected chi connectivity index (χ2v) is 6.94. The van der Waals surface area contributed by atoms with Crippen LogP contribution >= 0.6 is 0 Å². The fraction of sp³-hybridized carbons (Fsp3) is 0.615. The number of ether oxygens (including phenoxy) is 3. The zero-order valence-electron chi connectivity index (χ0n) is 15.0. The molecular formula is C13H12F8O9S. The van der Waals surface area contributed by atoms with Crippen molar-refractivity contribution in [3.8, 4) is 0 Å². The van der Waals surface area contributed by atoms with Crippen molar-refractivity contribution in [2.45, 2.75) is 36.5 Å². The van der Waals surface area contributed by atoms with Gasteiger partial charge in [0.05, 0.1) is 6.61 Å². The molecule has 180 valence electrons. The van der Waals surface area contributed by atoms with Gasteiger partial charge in [-0.2, -0.15) is 43.5 Å². The molecule has 0 amide bonds. The Morgan fingerprint density at radius 2 is 1.52 bits per heavy atom. The van der Waals surface area contributed by atoms with Gasteiger partial charge < -0.3 is 14.2 Å². The maximum atomic E-state index is 13.4. The molecule has 1 unspecified atom stereocenters. The van der Waals surface area contributed by atoms with Crippen LogP contribution in [0.4, 0.5) is 35.1 Å². The van der Waals surface area contributed by atoms with Crippen LogP contribution in [0.15, 0.2) is 12.4 Å². The van der Waals surface area contributed by atoms with Gasteiger partial charge in [-0.1, -0.05) is 6.58 Å². The van der Waals surface area contributed by atoms with Gasteiger partial charge in [0.1, 0.15) is 6.61 Å². The number of hydrogen-bond donors (Lipinski definition) is 1. The number of hydrogen-bond acceptors (Lipinski definition) is 8. The highest BCUT2D eigenvalue weighted by Gasteiger charge is 2.69. The van der Waals surface area contributed by atoms with Gasteiger partial charge in [0.2, 0.25) is 5.83 Å². The minimum atomic E-state index is -6.76. The number of halogens is 8.